The minimum atomic E-state index is -0.453. The lowest BCUT2D eigenvalue weighted by Gasteiger charge is -2.35. The van der Waals surface area contributed by atoms with Crippen molar-refractivity contribution in [3.63, 3.8) is 0 Å². The number of hydrogen-bond acceptors (Lipinski definition) is 3. The molecule has 1 aliphatic carbocycles. The largest absolute Gasteiger partial charge is 0.390 e. The summed E-state index contributed by atoms with van der Waals surface area (Å²) in [6, 6.07) is 0.556. The van der Waals surface area contributed by atoms with Crippen molar-refractivity contribution >= 4 is 0 Å². The van der Waals surface area contributed by atoms with Gasteiger partial charge < -0.3 is 16.2 Å². The fourth-order valence-corrected chi connectivity index (χ4v) is 2.77. The van der Waals surface area contributed by atoms with E-state index in [9.17, 15) is 5.11 Å². The maximum Gasteiger partial charge on any atom is 0.0677 e. The van der Waals surface area contributed by atoms with E-state index in [1.165, 1.54) is 6.42 Å². The Kier molecular flexibility index (Phi) is 2.10. The maximum absolute atomic E-state index is 10.1. The van der Waals surface area contributed by atoms with Gasteiger partial charge in [0.05, 0.1) is 5.60 Å². The summed E-state index contributed by atoms with van der Waals surface area (Å²) in [7, 11) is 0. The number of nitrogens with two attached hydrogens (primary N) is 1. The van der Waals surface area contributed by atoms with Crippen molar-refractivity contribution in [3.8, 4) is 0 Å². The number of nitrogens with one attached hydrogen (secondary N) is 1. The lowest BCUT2D eigenvalue weighted by Crippen LogP contribution is -2.41. The summed E-state index contributed by atoms with van der Waals surface area (Å²) in [5.74, 6) is 0.695. The summed E-state index contributed by atoms with van der Waals surface area (Å²) in [5, 5.41) is 13.6. The molecule has 1 saturated carbocycles. The molecule has 2 aliphatic rings. The summed E-state index contributed by atoms with van der Waals surface area (Å²) in [6.45, 7) is 1.70. The molecule has 0 aromatic rings. The molecule has 0 aromatic carbocycles. The summed E-state index contributed by atoms with van der Waals surface area (Å²) in [5.41, 5.74) is 5.02. The molecule has 2 fully saturated rings. The van der Waals surface area contributed by atoms with E-state index in [2.05, 4.69) is 5.32 Å². The van der Waals surface area contributed by atoms with Crippen LogP contribution in [-0.4, -0.2) is 29.8 Å². The SMILES string of the molecule is NCCC1(O)CC2CNC(C2)C1. The van der Waals surface area contributed by atoms with Crippen molar-refractivity contribution in [2.45, 2.75) is 37.3 Å². The summed E-state index contributed by atoms with van der Waals surface area (Å²) in [4.78, 5) is 0. The Morgan fingerprint density at radius 1 is 1.50 bits per heavy atom. The molecule has 2 bridgehead atoms. The van der Waals surface area contributed by atoms with Crippen LogP contribution in [0.3, 0.4) is 0 Å². The first kappa shape index (κ1) is 8.48. The molecule has 0 amide bonds. The Morgan fingerprint density at radius 2 is 2.33 bits per heavy atom. The Bertz CT molecular complexity index is 160. The normalized spacial score (nSPS) is 46.5. The van der Waals surface area contributed by atoms with Gasteiger partial charge in [-0.15, -0.1) is 0 Å². The van der Waals surface area contributed by atoms with Gasteiger partial charge in [-0.3, -0.25) is 0 Å². The Balaban J connectivity index is 2.00. The zero-order chi connectivity index (χ0) is 8.60. The van der Waals surface area contributed by atoms with E-state index < -0.39 is 5.60 Å². The predicted molar refractivity (Wildman–Crippen MR) is 47.8 cm³/mol. The highest BCUT2D eigenvalue weighted by Gasteiger charge is 2.41. The first-order valence-corrected chi connectivity index (χ1v) is 4.88. The van der Waals surface area contributed by atoms with Gasteiger partial charge in [0.15, 0.2) is 0 Å². The molecule has 70 valence electrons. The van der Waals surface area contributed by atoms with Crippen LogP contribution in [0.1, 0.15) is 25.7 Å². The van der Waals surface area contributed by atoms with Gasteiger partial charge in [-0.2, -0.15) is 0 Å². The first-order chi connectivity index (χ1) is 5.72. The van der Waals surface area contributed by atoms with Crippen LogP contribution in [0, 0.1) is 5.92 Å². The van der Waals surface area contributed by atoms with Crippen molar-refractivity contribution in [3.05, 3.63) is 0 Å². The van der Waals surface area contributed by atoms with Crippen LogP contribution in [0.5, 0.6) is 0 Å². The molecule has 12 heavy (non-hydrogen) atoms. The number of hydrogen-bond donors (Lipinski definition) is 3. The van der Waals surface area contributed by atoms with Gasteiger partial charge in [-0.05, 0) is 44.7 Å². The zero-order valence-corrected chi connectivity index (χ0v) is 7.42. The molecule has 1 heterocycles. The van der Waals surface area contributed by atoms with Gasteiger partial charge in [0.1, 0.15) is 0 Å². The van der Waals surface area contributed by atoms with E-state index in [4.69, 9.17) is 5.73 Å². The molecular formula is C9H18N2O. The van der Waals surface area contributed by atoms with Crippen LogP contribution in [0.2, 0.25) is 0 Å². The van der Waals surface area contributed by atoms with E-state index in [0.717, 1.165) is 25.8 Å². The van der Waals surface area contributed by atoms with E-state index in [1.807, 2.05) is 0 Å². The second-order valence-corrected chi connectivity index (χ2v) is 4.38. The van der Waals surface area contributed by atoms with Gasteiger partial charge in [0, 0.05) is 6.04 Å². The molecule has 1 aliphatic heterocycles. The smallest absolute Gasteiger partial charge is 0.0677 e. The molecule has 0 spiro atoms. The molecule has 4 N–H and O–H groups in total. The molecule has 1 saturated heterocycles. The standard InChI is InChI=1S/C9H18N2O/c10-2-1-9(12)4-7-3-8(5-9)11-6-7/h7-8,11-12H,1-6,10H2. The third-order valence-electron chi connectivity index (χ3n) is 3.22. The van der Waals surface area contributed by atoms with Gasteiger partial charge in [0.25, 0.3) is 0 Å². The van der Waals surface area contributed by atoms with Crippen LogP contribution >= 0.6 is 0 Å². The van der Waals surface area contributed by atoms with Crippen LogP contribution in [0.15, 0.2) is 0 Å². The number of rotatable bonds is 2. The van der Waals surface area contributed by atoms with Gasteiger partial charge in [-0.1, -0.05) is 0 Å². The van der Waals surface area contributed by atoms with Gasteiger partial charge in [0.2, 0.25) is 0 Å². The van der Waals surface area contributed by atoms with Crippen molar-refractivity contribution < 1.29 is 5.11 Å². The fraction of sp³-hybridized carbons (Fsp3) is 1.00. The number of aliphatic hydroxyl groups is 1. The summed E-state index contributed by atoms with van der Waals surface area (Å²) >= 11 is 0. The highest BCUT2D eigenvalue weighted by molar-refractivity contribution is 4.98. The molecule has 3 atom stereocenters. The lowest BCUT2D eigenvalue weighted by atomic mass is 9.77. The van der Waals surface area contributed by atoms with Crippen molar-refractivity contribution in [2.24, 2.45) is 11.7 Å². The highest BCUT2D eigenvalue weighted by atomic mass is 16.3. The van der Waals surface area contributed by atoms with E-state index in [0.29, 0.717) is 18.5 Å². The molecule has 3 heteroatoms. The second kappa shape index (κ2) is 2.98. The maximum atomic E-state index is 10.1. The predicted octanol–water partition coefficient (Wildman–Crippen LogP) is -0.162. The molecule has 2 rings (SSSR count). The van der Waals surface area contributed by atoms with E-state index in [-0.39, 0.29) is 0 Å². The Morgan fingerprint density at radius 3 is 3.00 bits per heavy atom. The fourth-order valence-electron chi connectivity index (χ4n) is 2.77. The second-order valence-electron chi connectivity index (χ2n) is 4.38. The van der Waals surface area contributed by atoms with Crippen LogP contribution in [0.4, 0.5) is 0 Å². The minimum Gasteiger partial charge on any atom is -0.390 e. The van der Waals surface area contributed by atoms with Gasteiger partial charge in [-0.25, -0.2) is 0 Å². The average Bonchev–Trinajstić information content (AvgIpc) is 2.31. The topological polar surface area (TPSA) is 58.3 Å². The quantitative estimate of drug-likeness (QED) is 0.539. The van der Waals surface area contributed by atoms with Crippen LogP contribution < -0.4 is 11.1 Å². The molecule has 0 aromatic heterocycles. The number of fused-ring (bicyclic) bond motifs is 2. The van der Waals surface area contributed by atoms with E-state index >= 15 is 0 Å². The molecule has 0 radical (unpaired) electrons. The molecule has 3 nitrogen and oxygen atoms in total. The minimum absolute atomic E-state index is 0.453. The average molecular weight is 170 g/mol. The Hall–Kier alpha value is -0.120. The van der Waals surface area contributed by atoms with Crippen molar-refractivity contribution in [2.75, 3.05) is 13.1 Å². The Labute approximate surface area is 73.3 Å². The first-order valence-electron chi connectivity index (χ1n) is 4.88. The summed E-state index contributed by atoms with van der Waals surface area (Å²) < 4.78 is 0. The monoisotopic (exact) mass is 170 g/mol. The van der Waals surface area contributed by atoms with E-state index in [1.54, 1.807) is 0 Å². The third-order valence-corrected chi connectivity index (χ3v) is 3.22. The van der Waals surface area contributed by atoms with Crippen molar-refractivity contribution in [1.29, 1.82) is 0 Å². The zero-order valence-electron chi connectivity index (χ0n) is 7.42. The highest BCUT2D eigenvalue weighted by Crippen LogP contribution is 2.37. The van der Waals surface area contributed by atoms with Crippen LogP contribution in [-0.2, 0) is 0 Å². The van der Waals surface area contributed by atoms with Gasteiger partial charge >= 0.3 is 0 Å². The lowest BCUT2D eigenvalue weighted by molar-refractivity contribution is -0.0146. The van der Waals surface area contributed by atoms with Crippen LogP contribution in [0.25, 0.3) is 0 Å². The molecule has 3 unspecified atom stereocenters. The summed E-state index contributed by atoms with van der Waals surface area (Å²) in [6.07, 6.45) is 3.88. The third kappa shape index (κ3) is 1.49. The molecular weight excluding hydrogens is 152 g/mol. The van der Waals surface area contributed by atoms with Crippen molar-refractivity contribution in [1.82, 2.24) is 5.32 Å².